The van der Waals surface area contributed by atoms with E-state index in [0.717, 1.165) is 11.1 Å². The number of halogens is 2. The second-order valence-corrected chi connectivity index (χ2v) is 10.0. The second kappa shape index (κ2) is 9.30. The first-order valence-electron chi connectivity index (χ1n) is 9.52. The highest BCUT2D eigenvalue weighted by Crippen LogP contribution is 2.35. The van der Waals surface area contributed by atoms with E-state index >= 15 is 0 Å². The van der Waals surface area contributed by atoms with Gasteiger partial charge in [0.25, 0.3) is 10.0 Å². The van der Waals surface area contributed by atoms with Crippen molar-refractivity contribution >= 4 is 44.9 Å². The van der Waals surface area contributed by atoms with Gasteiger partial charge in [0.15, 0.2) is 0 Å². The van der Waals surface area contributed by atoms with Gasteiger partial charge in [-0.3, -0.25) is 4.31 Å². The number of sulfonamides is 1. The number of carbonyl (C=O) groups is 1. The molecular formula is C23H21Cl2NO4S. The lowest BCUT2D eigenvalue weighted by Crippen LogP contribution is -2.34. The van der Waals surface area contributed by atoms with E-state index in [-0.39, 0.29) is 33.0 Å². The SMILES string of the molecule is CC(C)CN(c1ccc(-c2ccc(C(=O)O)cc2)cc1)S(=O)(=O)c1c(Cl)cccc1Cl. The van der Waals surface area contributed by atoms with Crippen molar-refractivity contribution in [2.24, 2.45) is 5.92 Å². The number of nitrogens with zero attached hydrogens (tertiary/aromatic N) is 1. The van der Waals surface area contributed by atoms with Gasteiger partial charge in [-0.1, -0.05) is 67.4 Å². The summed E-state index contributed by atoms with van der Waals surface area (Å²) < 4.78 is 28.2. The molecule has 0 unspecified atom stereocenters. The zero-order valence-corrected chi connectivity index (χ0v) is 19.2. The summed E-state index contributed by atoms with van der Waals surface area (Å²) in [6.07, 6.45) is 0. The summed E-state index contributed by atoms with van der Waals surface area (Å²) >= 11 is 12.4. The van der Waals surface area contributed by atoms with Crippen molar-refractivity contribution in [3.63, 3.8) is 0 Å². The Morgan fingerprint density at radius 2 is 1.39 bits per heavy atom. The van der Waals surface area contributed by atoms with E-state index in [1.165, 1.54) is 28.6 Å². The van der Waals surface area contributed by atoms with E-state index in [0.29, 0.717) is 5.69 Å². The fraction of sp³-hybridized carbons (Fsp3) is 0.174. The minimum absolute atomic E-state index is 0.0549. The Bertz CT molecular complexity index is 1170. The van der Waals surface area contributed by atoms with Crippen LogP contribution < -0.4 is 4.31 Å². The van der Waals surface area contributed by atoms with Crippen LogP contribution in [0.3, 0.4) is 0 Å². The van der Waals surface area contributed by atoms with Crippen molar-refractivity contribution in [3.05, 3.63) is 82.3 Å². The van der Waals surface area contributed by atoms with E-state index in [4.69, 9.17) is 28.3 Å². The molecule has 3 aromatic carbocycles. The van der Waals surface area contributed by atoms with Crippen molar-refractivity contribution in [1.82, 2.24) is 0 Å². The standard InChI is InChI=1S/C23H21Cl2NO4S/c1-15(2)14-26(31(29,30)22-20(24)4-3-5-21(22)25)19-12-10-17(11-13-19)16-6-8-18(9-7-16)23(27)28/h3-13,15H,14H2,1-2H3,(H,27,28). The summed E-state index contributed by atoms with van der Waals surface area (Å²) in [4.78, 5) is 10.9. The van der Waals surface area contributed by atoms with Gasteiger partial charge >= 0.3 is 5.97 Å². The van der Waals surface area contributed by atoms with Crippen molar-refractivity contribution in [3.8, 4) is 11.1 Å². The van der Waals surface area contributed by atoms with Gasteiger partial charge in [0.1, 0.15) is 4.90 Å². The first-order chi connectivity index (χ1) is 14.6. The van der Waals surface area contributed by atoms with Crippen molar-refractivity contribution in [2.75, 3.05) is 10.8 Å². The lowest BCUT2D eigenvalue weighted by molar-refractivity contribution is 0.0697. The monoisotopic (exact) mass is 477 g/mol. The van der Waals surface area contributed by atoms with Crippen LogP contribution in [0.15, 0.2) is 71.6 Å². The molecular weight excluding hydrogens is 457 g/mol. The highest BCUT2D eigenvalue weighted by molar-refractivity contribution is 7.93. The molecule has 0 atom stereocenters. The number of hydrogen-bond acceptors (Lipinski definition) is 3. The molecule has 31 heavy (non-hydrogen) atoms. The Hall–Kier alpha value is -2.54. The Labute approximate surface area is 191 Å². The van der Waals surface area contributed by atoms with Gasteiger partial charge in [-0.25, -0.2) is 13.2 Å². The third-order valence-corrected chi connectivity index (χ3v) is 7.37. The summed E-state index contributed by atoms with van der Waals surface area (Å²) in [5.41, 5.74) is 2.34. The van der Waals surface area contributed by atoms with Crippen molar-refractivity contribution in [1.29, 1.82) is 0 Å². The van der Waals surface area contributed by atoms with Crippen LogP contribution in [0.4, 0.5) is 5.69 Å². The lowest BCUT2D eigenvalue weighted by Gasteiger charge is -2.27. The number of aromatic carboxylic acids is 1. The molecule has 0 bridgehead atoms. The second-order valence-electron chi connectivity index (χ2n) is 7.41. The number of anilines is 1. The molecule has 0 saturated carbocycles. The van der Waals surface area contributed by atoms with Gasteiger partial charge in [-0.2, -0.15) is 0 Å². The fourth-order valence-electron chi connectivity index (χ4n) is 3.14. The molecule has 0 aliphatic rings. The van der Waals surface area contributed by atoms with Gasteiger partial charge in [-0.05, 0) is 53.4 Å². The minimum Gasteiger partial charge on any atom is -0.478 e. The van der Waals surface area contributed by atoms with Crippen LogP contribution in [0.2, 0.25) is 10.0 Å². The molecule has 162 valence electrons. The van der Waals surface area contributed by atoms with Gasteiger partial charge in [0, 0.05) is 6.54 Å². The topological polar surface area (TPSA) is 74.7 Å². The molecule has 0 spiro atoms. The summed E-state index contributed by atoms with van der Waals surface area (Å²) in [5.74, 6) is -0.936. The van der Waals surface area contributed by atoms with E-state index in [2.05, 4.69) is 0 Å². The normalized spacial score (nSPS) is 11.5. The quantitative estimate of drug-likeness (QED) is 0.438. The average molecular weight is 478 g/mol. The Kier molecular flexibility index (Phi) is 6.94. The van der Waals surface area contributed by atoms with E-state index < -0.39 is 16.0 Å². The largest absolute Gasteiger partial charge is 0.478 e. The third kappa shape index (κ3) is 5.03. The summed E-state index contributed by atoms with van der Waals surface area (Å²) in [7, 11) is -4.00. The maximum atomic E-state index is 13.5. The van der Waals surface area contributed by atoms with Gasteiger partial charge in [-0.15, -0.1) is 0 Å². The number of carboxylic acids is 1. The average Bonchev–Trinajstić information content (AvgIpc) is 2.72. The molecule has 0 saturated heterocycles. The van der Waals surface area contributed by atoms with Crippen LogP contribution >= 0.6 is 23.2 Å². The Morgan fingerprint density at radius 1 is 0.903 bits per heavy atom. The predicted octanol–water partition coefficient (Wildman–Crippen LogP) is 6.21. The number of benzene rings is 3. The Balaban J connectivity index is 2.01. The summed E-state index contributed by atoms with van der Waals surface area (Å²) in [6, 6.07) is 18.1. The highest BCUT2D eigenvalue weighted by Gasteiger charge is 2.30. The number of rotatable bonds is 7. The molecule has 0 fully saturated rings. The maximum Gasteiger partial charge on any atom is 0.335 e. The first-order valence-corrected chi connectivity index (χ1v) is 11.7. The van der Waals surface area contributed by atoms with Crippen LogP contribution in [-0.2, 0) is 10.0 Å². The van der Waals surface area contributed by atoms with E-state index in [1.54, 1.807) is 42.5 Å². The summed E-state index contributed by atoms with van der Waals surface area (Å²) in [6.45, 7) is 4.10. The lowest BCUT2D eigenvalue weighted by atomic mass is 10.0. The predicted molar refractivity (Wildman–Crippen MR) is 125 cm³/mol. The van der Waals surface area contributed by atoms with E-state index in [9.17, 15) is 13.2 Å². The van der Waals surface area contributed by atoms with Crippen LogP contribution in [0.1, 0.15) is 24.2 Å². The molecule has 0 aliphatic carbocycles. The Morgan fingerprint density at radius 3 is 1.84 bits per heavy atom. The molecule has 0 heterocycles. The van der Waals surface area contributed by atoms with Gasteiger partial charge in [0.05, 0.1) is 21.3 Å². The van der Waals surface area contributed by atoms with E-state index in [1.807, 2.05) is 13.8 Å². The smallest absolute Gasteiger partial charge is 0.335 e. The molecule has 5 nitrogen and oxygen atoms in total. The maximum absolute atomic E-state index is 13.5. The zero-order valence-electron chi connectivity index (χ0n) is 16.9. The number of carboxylic acid groups (broad SMARTS) is 1. The minimum atomic E-state index is -4.00. The van der Waals surface area contributed by atoms with Crippen LogP contribution in [-0.4, -0.2) is 26.0 Å². The molecule has 3 aromatic rings. The zero-order chi connectivity index (χ0) is 22.8. The molecule has 0 aliphatic heterocycles. The van der Waals surface area contributed by atoms with Crippen LogP contribution in [0, 0.1) is 5.92 Å². The molecule has 8 heteroatoms. The van der Waals surface area contributed by atoms with Gasteiger partial charge < -0.3 is 5.11 Å². The number of hydrogen-bond donors (Lipinski definition) is 1. The van der Waals surface area contributed by atoms with Crippen molar-refractivity contribution < 1.29 is 18.3 Å². The fourth-order valence-corrected chi connectivity index (χ4v) is 5.86. The molecule has 0 aromatic heterocycles. The molecule has 1 N–H and O–H groups in total. The van der Waals surface area contributed by atoms with Crippen molar-refractivity contribution in [2.45, 2.75) is 18.7 Å². The molecule has 0 amide bonds. The van der Waals surface area contributed by atoms with Crippen LogP contribution in [0.25, 0.3) is 11.1 Å². The highest BCUT2D eigenvalue weighted by atomic mass is 35.5. The summed E-state index contributed by atoms with van der Waals surface area (Å²) in [5, 5.41) is 9.18. The molecule has 0 radical (unpaired) electrons. The van der Waals surface area contributed by atoms with Gasteiger partial charge in [0.2, 0.25) is 0 Å². The third-order valence-electron chi connectivity index (χ3n) is 4.62. The van der Waals surface area contributed by atoms with Crippen LogP contribution in [0.5, 0.6) is 0 Å². The first kappa shape index (κ1) is 23.1. The molecule has 3 rings (SSSR count).